The van der Waals surface area contributed by atoms with Gasteiger partial charge >= 0.3 is 6.16 Å². The van der Waals surface area contributed by atoms with Crippen LogP contribution in [0.4, 0.5) is 4.79 Å². The van der Waals surface area contributed by atoms with E-state index in [0.717, 1.165) is 32.7 Å². The standard InChI is InChI=1S/C23H18O3/c24-23(25-15-19-11-5-9-17-7-1-3-13-21(17)19)26-16-20-12-6-10-18-8-2-4-14-22(18)20/h1-14H,15-16H2. The third-order valence-electron chi connectivity index (χ3n) is 4.45. The van der Waals surface area contributed by atoms with Gasteiger partial charge in [0, 0.05) is 0 Å². The lowest BCUT2D eigenvalue weighted by molar-refractivity contribution is 0.0452. The lowest BCUT2D eigenvalue weighted by Gasteiger charge is -2.10. The summed E-state index contributed by atoms with van der Waals surface area (Å²) in [6.45, 7) is 0.380. The lowest BCUT2D eigenvalue weighted by Crippen LogP contribution is -2.08. The summed E-state index contributed by atoms with van der Waals surface area (Å²) in [7, 11) is 0. The van der Waals surface area contributed by atoms with Gasteiger partial charge in [0.1, 0.15) is 13.2 Å². The number of fused-ring (bicyclic) bond motifs is 2. The van der Waals surface area contributed by atoms with Crippen molar-refractivity contribution in [2.45, 2.75) is 13.2 Å². The lowest BCUT2D eigenvalue weighted by atomic mass is 10.1. The van der Waals surface area contributed by atoms with Crippen molar-refractivity contribution in [3.05, 3.63) is 96.1 Å². The number of rotatable bonds is 4. The summed E-state index contributed by atoms with van der Waals surface area (Å²) >= 11 is 0. The van der Waals surface area contributed by atoms with Gasteiger partial charge in [0.05, 0.1) is 0 Å². The van der Waals surface area contributed by atoms with Crippen LogP contribution in [0.15, 0.2) is 84.9 Å². The van der Waals surface area contributed by atoms with Crippen molar-refractivity contribution >= 4 is 27.7 Å². The molecular weight excluding hydrogens is 324 g/mol. The summed E-state index contributed by atoms with van der Waals surface area (Å²) in [6, 6.07) is 28.0. The smallest absolute Gasteiger partial charge is 0.429 e. The molecule has 0 unspecified atom stereocenters. The largest absolute Gasteiger partial charge is 0.508 e. The maximum absolute atomic E-state index is 12.0. The molecule has 4 aromatic rings. The third-order valence-corrected chi connectivity index (χ3v) is 4.45. The summed E-state index contributed by atoms with van der Waals surface area (Å²) in [5.41, 5.74) is 1.93. The summed E-state index contributed by atoms with van der Waals surface area (Å²) in [5.74, 6) is 0. The molecule has 0 aliphatic rings. The molecule has 0 fully saturated rings. The highest BCUT2D eigenvalue weighted by Gasteiger charge is 2.08. The van der Waals surface area contributed by atoms with Crippen molar-refractivity contribution in [2.24, 2.45) is 0 Å². The average Bonchev–Trinajstić information content (AvgIpc) is 2.70. The van der Waals surface area contributed by atoms with Crippen LogP contribution in [0.2, 0.25) is 0 Å². The molecule has 26 heavy (non-hydrogen) atoms. The molecule has 3 nitrogen and oxygen atoms in total. The first-order valence-electron chi connectivity index (χ1n) is 8.54. The average molecular weight is 342 g/mol. The molecule has 0 radical (unpaired) electrons. The number of carbonyl (C=O) groups is 1. The molecule has 4 aromatic carbocycles. The zero-order valence-corrected chi connectivity index (χ0v) is 14.2. The Kier molecular flexibility index (Phi) is 4.52. The molecular formula is C23H18O3. The van der Waals surface area contributed by atoms with Crippen LogP contribution in [0.3, 0.4) is 0 Å². The fourth-order valence-electron chi connectivity index (χ4n) is 3.15. The summed E-state index contributed by atoms with van der Waals surface area (Å²) < 4.78 is 10.6. The zero-order valence-electron chi connectivity index (χ0n) is 14.2. The van der Waals surface area contributed by atoms with Gasteiger partial charge in [-0.15, -0.1) is 0 Å². The van der Waals surface area contributed by atoms with E-state index in [9.17, 15) is 4.79 Å². The monoisotopic (exact) mass is 342 g/mol. The Morgan fingerprint density at radius 3 is 1.50 bits per heavy atom. The fourth-order valence-corrected chi connectivity index (χ4v) is 3.15. The fraction of sp³-hybridized carbons (Fsp3) is 0.0870. The normalized spacial score (nSPS) is 10.8. The van der Waals surface area contributed by atoms with Crippen molar-refractivity contribution in [1.82, 2.24) is 0 Å². The molecule has 0 saturated carbocycles. The minimum absolute atomic E-state index is 0.190. The van der Waals surface area contributed by atoms with Crippen LogP contribution in [0, 0.1) is 0 Å². The van der Waals surface area contributed by atoms with Gasteiger partial charge in [-0.3, -0.25) is 0 Å². The highest BCUT2D eigenvalue weighted by atomic mass is 16.7. The zero-order chi connectivity index (χ0) is 17.8. The van der Waals surface area contributed by atoms with E-state index >= 15 is 0 Å². The van der Waals surface area contributed by atoms with E-state index in [-0.39, 0.29) is 13.2 Å². The Morgan fingerprint density at radius 1 is 0.577 bits per heavy atom. The van der Waals surface area contributed by atoms with Crippen LogP contribution in [0.1, 0.15) is 11.1 Å². The number of benzene rings is 4. The molecule has 0 amide bonds. The first-order chi connectivity index (χ1) is 12.8. The second-order valence-corrected chi connectivity index (χ2v) is 6.10. The van der Waals surface area contributed by atoms with Crippen molar-refractivity contribution in [1.29, 1.82) is 0 Å². The van der Waals surface area contributed by atoms with E-state index in [1.54, 1.807) is 0 Å². The van der Waals surface area contributed by atoms with Crippen LogP contribution in [-0.4, -0.2) is 6.16 Å². The van der Waals surface area contributed by atoms with E-state index in [4.69, 9.17) is 9.47 Å². The SMILES string of the molecule is O=C(OCc1cccc2ccccc12)OCc1cccc2ccccc12. The maximum Gasteiger partial charge on any atom is 0.508 e. The van der Waals surface area contributed by atoms with Gasteiger partial charge in [0.2, 0.25) is 0 Å². The van der Waals surface area contributed by atoms with Crippen molar-refractivity contribution in [3.63, 3.8) is 0 Å². The number of hydrogen-bond acceptors (Lipinski definition) is 3. The maximum atomic E-state index is 12.0. The van der Waals surface area contributed by atoms with Gasteiger partial charge < -0.3 is 9.47 Å². The Bertz CT molecular complexity index is 973. The first kappa shape index (κ1) is 16.2. The molecule has 0 aliphatic heterocycles. The molecule has 0 aliphatic carbocycles. The Hall–Kier alpha value is -3.33. The molecule has 0 bridgehead atoms. The molecule has 0 spiro atoms. The molecule has 0 heterocycles. The van der Waals surface area contributed by atoms with E-state index in [2.05, 4.69) is 0 Å². The highest BCUT2D eigenvalue weighted by molar-refractivity contribution is 5.86. The molecule has 3 heteroatoms. The second-order valence-electron chi connectivity index (χ2n) is 6.10. The summed E-state index contributed by atoms with van der Waals surface area (Å²) in [4.78, 5) is 12.0. The highest BCUT2D eigenvalue weighted by Crippen LogP contribution is 2.21. The summed E-state index contributed by atoms with van der Waals surface area (Å²) in [6.07, 6.45) is -0.661. The minimum atomic E-state index is -0.661. The first-order valence-corrected chi connectivity index (χ1v) is 8.54. The Labute approximate surface area is 151 Å². The predicted molar refractivity (Wildman–Crippen MR) is 103 cm³/mol. The molecule has 128 valence electrons. The van der Waals surface area contributed by atoms with E-state index in [1.165, 1.54) is 0 Å². The topological polar surface area (TPSA) is 35.5 Å². The number of carbonyl (C=O) groups excluding carboxylic acids is 1. The van der Waals surface area contributed by atoms with Gasteiger partial charge in [-0.1, -0.05) is 84.9 Å². The van der Waals surface area contributed by atoms with Crippen LogP contribution < -0.4 is 0 Å². The molecule has 0 N–H and O–H groups in total. The molecule has 0 atom stereocenters. The Balaban J connectivity index is 1.41. The van der Waals surface area contributed by atoms with Gasteiger partial charge in [-0.2, -0.15) is 0 Å². The Morgan fingerprint density at radius 2 is 1.00 bits per heavy atom. The van der Waals surface area contributed by atoms with Crippen LogP contribution >= 0.6 is 0 Å². The predicted octanol–water partition coefficient (Wildman–Crippen LogP) is 5.85. The van der Waals surface area contributed by atoms with Crippen LogP contribution in [0.25, 0.3) is 21.5 Å². The number of hydrogen-bond donors (Lipinski definition) is 0. The van der Waals surface area contributed by atoms with Gasteiger partial charge in [0.15, 0.2) is 0 Å². The number of ether oxygens (including phenoxy) is 2. The van der Waals surface area contributed by atoms with Crippen molar-refractivity contribution < 1.29 is 14.3 Å². The third kappa shape index (κ3) is 3.38. The quantitative estimate of drug-likeness (QED) is 0.437. The van der Waals surface area contributed by atoms with E-state index in [1.807, 2.05) is 84.9 Å². The van der Waals surface area contributed by atoms with Gasteiger partial charge in [-0.25, -0.2) is 4.79 Å². The van der Waals surface area contributed by atoms with Crippen molar-refractivity contribution in [2.75, 3.05) is 0 Å². The van der Waals surface area contributed by atoms with Crippen molar-refractivity contribution in [3.8, 4) is 0 Å². The minimum Gasteiger partial charge on any atom is -0.429 e. The van der Waals surface area contributed by atoms with Gasteiger partial charge in [-0.05, 0) is 32.7 Å². The second kappa shape index (κ2) is 7.28. The van der Waals surface area contributed by atoms with Crippen LogP contribution in [0.5, 0.6) is 0 Å². The van der Waals surface area contributed by atoms with E-state index < -0.39 is 6.16 Å². The van der Waals surface area contributed by atoms with Crippen LogP contribution in [-0.2, 0) is 22.7 Å². The molecule has 0 saturated heterocycles. The summed E-state index contributed by atoms with van der Waals surface area (Å²) in [5, 5.41) is 4.41. The van der Waals surface area contributed by atoms with E-state index in [0.29, 0.717) is 0 Å². The molecule has 0 aromatic heterocycles. The molecule has 4 rings (SSSR count). The van der Waals surface area contributed by atoms with Gasteiger partial charge in [0.25, 0.3) is 0 Å².